The smallest absolute Gasteiger partial charge is 0.272 e. The Morgan fingerprint density at radius 1 is 1.53 bits per heavy atom. The van der Waals surface area contributed by atoms with Gasteiger partial charge in [0, 0.05) is 17.3 Å². The van der Waals surface area contributed by atoms with Crippen LogP contribution < -0.4 is 15.4 Å². The van der Waals surface area contributed by atoms with Crippen LogP contribution in [0.3, 0.4) is 0 Å². The van der Waals surface area contributed by atoms with E-state index in [-0.39, 0.29) is 5.91 Å². The van der Waals surface area contributed by atoms with Crippen LogP contribution in [0.2, 0.25) is 0 Å². The summed E-state index contributed by atoms with van der Waals surface area (Å²) in [5.74, 6) is 0.162. The first-order valence-electron chi connectivity index (χ1n) is 5.15. The summed E-state index contributed by atoms with van der Waals surface area (Å²) in [5, 5.41) is 5.52. The molecule has 4 nitrogen and oxygen atoms in total. The van der Waals surface area contributed by atoms with Gasteiger partial charge in [-0.2, -0.15) is 0 Å². The summed E-state index contributed by atoms with van der Waals surface area (Å²) in [6, 6.07) is 4.42. The van der Waals surface area contributed by atoms with Crippen LogP contribution in [0.5, 0.6) is 5.75 Å². The number of amides is 1. The molecule has 0 saturated heterocycles. The third-order valence-corrected chi connectivity index (χ3v) is 2.52. The van der Waals surface area contributed by atoms with Crippen LogP contribution in [0, 0.1) is 0 Å². The van der Waals surface area contributed by atoms with E-state index in [4.69, 9.17) is 4.74 Å². The first-order chi connectivity index (χ1) is 8.11. The molecule has 0 spiro atoms. The molecule has 1 aliphatic heterocycles. The molecule has 0 aliphatic carbocycles. The van der Waals surface area contributed by atoms with Crippen molar-refractivity contribution in [3.8, 4) is 5.75 Å². The van der Waals surface area contributed by atoms with E-state index in [2.05, 4.69) is 10.6 Å². The van der Waals surface area contributed by atoms with Crippen LogP contribution in [0.1, 0.15) is 11.6 Å². The Morgan fingerprint density at radius 2 is 2.29 bits per heavy atom. The highest BCUT2D eigenvalue weighted by molar-refractivity contribution is 6.02. The molecule has 2 N–H and O–H groups in total. The molecule has 0 radical (unpaired) electrons. The maximum absolute atomic E-state index is 12.0. The number of nitrogens with one attached hydrogen (secondary N) is 2. The topological polar surface area (TPSA) is 50.4 Å². The number of halogens is 2. The first kappa shape index (κ1) is 11.8. The van der Waals surface area contributed by atoms with E-state index >= 15 is 0 Å². The first-order valence-corrected chi connectivity index (χ1v) is 5.15. The second-order valence-corrected chi connectivity index (χ2v) is 3.66. The van der Waals surface area contributed by atoms with Gasteiger partial charge in [0.25, 0.3) is 6.43 Å². The largest absolute Gasteiger partial charge is 0.488 e. The number of alkyl halides is 2. The van der Waals surface area contributed by atoms with Gasteiger partial charge in [0.1, 0.15) is 18.4 Å². The van der Waals surface area contributed by atoms with Gasteiger partial charge in [-0.1, -0.05) is 6.07 Å². The van der Waals surface area contributed by atoms with E-state index < -0.39 is 19.1 Å². The number of hydrogen-bond donors (Lipinski definition) is 2. The Balaban J connectivity index is 2.16. The molecule has 2 rings (SSSR count). The van der Waals surface area contributed by atoms with Crippen molar-refractivity contribution < 1.29 is 18.3 Å². The molecule has 6 heteroatoms. The van der Waals surface area contributed by atoms with Crippen molar-refractivity contribution in [2.75, 3.05) is 19.0 Å². The minimum atomic E-state index is -2.51. The lowest BCUT2D eigenvalue weighted by molar-refractivity contribution is -0.117. The van der Waals surface area contributed by atoms with E-state index in [1.54, 1.807) is 25.2 Å². The van der Waals surface area contributed by atoms with Gasteiger partial charge in [-0.05, 0) is 13.1 Å². The molecule has 92 valence electrons. The van der Waals surface area contributed by atoms with Gasteiger partial charge in [-0.3, -0.25) is 4.79 Å². The average molecular weight is 242 g/mol. The fraction of sp³-hybridized carbons (Fsp3) is 0.364. The molecule has 0 saturated carbocycles. The fourth-order valence-corrected chi connectivity index (χ4v) is 1.78. The van der Waals surface area contributed by atoms with E-state index in [1.165, 1.54) is 0 Å². The van der Waals surface area contributed by atoms with Crippen LogP contribution in [0.4, 0.5) is 14.5 Å². The highest BCUT2D eigenvalue weighted by atomic mass is 19.3. The number of fused-ring (bicyclic) bond motifs is 1. The zero-order valence-electron chi connectivity index (χ0n) is 9.17. The van der Waals surface area contributed by atoms with Gasteiger partial charge in [0.2, 0.25) is 5.91 Å². The van der Waals surface area contributed by atoms with Crippen LogP contribution >= 0.6 is 0 Å². The van der Waals surface area contributed by atoms with Gasteiger partial charge in [0.15, 0.2) is 0 Å². The molecule has 1 atom stereocenters. The van der Waals surface area contributed by atoms with Gasteiger partial charge >= 0.3 is 0 Å². The molecule has 1 heterocycles. The maximum Gasteiger partial charge on any atom is 0.272 e. The third kappa shape index (κ3) is 2.36. The summed E-state index contributed by atoms with van der Waals surface area (Å²) in [6.45, 7) is -0.651. The molecular weight excluding hydrogens is 230 g/mol. The predicted molar refractivity (Wildman–Crippen MR) is 58.4 cm³/mol. The monoisotopic (exact) mass is 242 g/mol. The van der Waals surface area contributed by atoms with Gasteiger partial charge in [-0.15, -0.1) is 0 Å². The summed E-state index contributed by atoms with van der Waals surface area (Å²) in [5.41, 5.74) is 1.39. The van der Waals surface area contributed by atoms with Crippen molar-refractivity contribution in [3.05, 3.63) is 23.8 Å². The summed E-state index contributed by atoms with van der Waals surface area (Å²) < 4.78 is 28.8. The van der Waals surface area contributed by atoms with Crippen molar-refractivity contribution >= 4 is 11.6 Å². The molecule has 0 bridgehead atoms. The minimum Gasteiger partial charge on any atom is -0.488 e. The molecule has 1 aromatic rings. The lowest BCUT2D eigenvalue weighted by Crippen LogP contribution is -2.23. The third-order valence-electron chi connectivity index (χ3n) is 2.52. The molecule has 0 fully saturated rings. The quantitative estimate of drug-likeness (QED) is 0.842. The van der Waals surface area contributed by atoms with E-state index in [0.29, 0.717) is 11.4 Å². The van der Waals surface area contributed by atoms with Gasteiger partial charge in [0.05, 0.1) is 0 Å². The van der Waals surface area contributed by atoms with E-state index in [0.717, 1.165) is 5.56 Å². The lowest BCUT2D eigenvalue weighted by atomic mass is 10.1. The van der Waals surface area contributed by atoms with Crippen LogP contribution in [0.15, 0.2) is 18.2 Å². The summed E-state index contributed by atoms with van der Waals surface area (Å²) in [6.07, 6.45) is -2.51. The van der Waals surface area contributed by atoms with Crippen molar-refractivity contribution in [3.63, 3.8) is 0 Å². The highest BCUT2D eigenvalue weighted by Crippen LogP contribution is 2.33. The van der Waals surface area contributed by atoms with Gasteiger partial charge < -0.3 is 15.4 Å². The Hall–Kier alpha value is -1.69. The van der Waals surface area contributed by atoms with Crippen LogP contribution in [0.25, 0.3) is 0 Å². The molecule has 1 unspecified atom stereocenters. The highest BCUT2D eigenvalue weighted by Gasteiger charge is 2.29. The number of hydrogen-bond acceptors (Lipinski definition) is 3. The molecule has 1 amide bonds. The van der Waals surface area contributed by atoms with Crippen molar-refractivity contribution in [2.24, 2.45) is 0 Å². The summed E-state index contributed by atoms with van der Waals surface area (Å²) in [7, 11) is 1.68. The number of anilines is 1. The van der Waals surface area contributed by atoms with Crippen molar-refractivity contribution in [1.82, 2.24) is 5.32 Å². The zero-order valence-corrected chi connectivity index (χ0v) is 9.17. The number of ether oxygens (including phenoxy) is 1. The van der Waals surface area contributed by atoms with Gasteiger partial charge in [-0.25, -0.2) is 8.78 Å². The Bertz CT molecular complexity index is 437. The molecular formula is C11H12F2N2O2. The molecule has 0 aromatic heterocycles. The Labute approximate surface area is 97.0 Å². The van der Waals surface area contributed by atoms with Crippen molar-refractivity contribution in [1.29, 1.82) is 0 Å². The number of rotatable bonds is 4. The normalized spacial score (nSPS) is 18.1. The maximum atomic E-state index is 12.0. The number of carbonyl (C=O) groups excluding carboxylic acids is 1. The Kier molecular flexibility index (Phi) is 3.23. The number of likely N-dealkylation sites (N-methyl/N-ethyl adjacent to an activating group) is 1. The Morgan fingerprint density at radius 3 is 2.94 bits per heavy atom. The second-order valence-electron chi connectivity index (χ2n) is 3.66. The summed E-state index contributed by atoms with van der Waals surface area (Å²) in [4.78, 5) is 11.5. The van der Waals surface area contributed by atoms with Crippen LogP contribution in [-0.2, 0) is 4.79 Å². The zero-order chi connectivity index (χ0) is 12.4. The van der Waals surface area contributed by atoms with E-state index in [1.807, 2.05) is 0 Å². The lowest BCUT2D eigenvalue weighted by Gasteiger charge is -2.08. The molecule has 1 aromatic carbocycles. The number of benzene rings is 1. The molecule has 1 aliphatic rings. The number of carbonyl (C=O) groups is 1. The summed E-state index contributed by atoms with van der Waals surface area (Å²) >= 11 is 0. The standard InChI is InChI=1S/C11H12F2N2O2/c1-14-10-7-3-2-6(17-5-9(12)13)4-8(7)15-11(10)16/h2-4,9-10,14H,5H2,1H3,(H,15,16). The van der Waals surface area contributed by atoms with Crippen molar-refractivity contribution in [2.45, 2.75) is 12.5 Å². The van der Waals surface area contributed by atoms with E-state index in [9.17, 15) is 13.6 Å². The average Bonchev–Trinajstić information content (AvgIpc) is 2.60. The predicted octanol–water partition coefficient (Wildman–Crippen LogP) is 1.54. The second kappa shape index (κ2) is 4.67. The SMILES string of the molecule is CNC1C(=O)Nc2cc(OCC(F)F)ccc21. The minimum absolute atomic E-state index is 0.159. The molecule has 17 heavy (non-hydrogen) atoms. The fourth-order valence-electron chi connectivity index (χ4n) is 1.78. The van der Waals surface area contributed by atoms with Crippen LogP contribution in [-0.4, -0.2) is 26.0 Å².